The van der Waals surface area contributed by atoms with E-state index in [4.69, 9.17) is 10.8 Å². The van der Waals surface area contributed by atoms with Crippen LogP contribution in [0, 0.1) is 5.82 Å². The Bertz CT molecular complexity index is 548. The minimum atomic E-state index is -4.01. The van der Waals surface area contributed by atoms with Crippen LogP contribution in [0.2, 0.25) is 0 Å². The Labute approximate surface area is 114 Å². The number of nitrogens with zero attached hydrogens (tertiary/aromatic N) is 1. The van der Waals surface area contributed by atoms with Crippen molar-refractivity contribution in [2.75, 3.05) is 19.3 Å². The van der Waals surface area contributed by atoms with Gasteiger partial charge in [-0.05, 0) is 35.0 Å². The van der Waals surface area contributed by atoms with Gasteiger partial charge in [0.15, 0.2) is 0 Å². The Morgan fingerprint density at radius 3 is 2.61 bits per heavy atom. The summed E-state index contributed by atoms with van der Waals surface area (Å²) in [6.07, 6.45) is -0.847. The number of rotatable bonds is 4. The average molecular weight is 341 g/mol. The van der Waals surface area contributed by atoms with Gasteiger partial charge in [-0.25, -0.2) is 12.8 Å². The molecule has 1 rings (SSSR count). The molecule has 0 aliphatic carbocycles. The van der Waals surface area contributed by atoms with Crippen LogP contribution in [0.15, 0.2) is 21.5 Å². The molecule has 102 valence electrons. The lowest BCUT2D eigenvalue weighted by Crippen LogP contribution is -2.33. The second-order valence-corrected chi connectivity index (χ2v) is 6.81. The van der Waals surface area contributed by atoms with Gasteiger partial charge >= 0.3 is 0 Å². The van der Waals surface area contributed by atoms with Crippen molar-refractivity contribution in [3.05, 3.63) is 22.4 Å². The van der Waals surface area contributed by atoms with Crippen molar-refractivity contribution in [3.8, 4) is 0 Å². The minimum absolute atomic E-state index is 0.125. The van der Waals surface area contributed by atoms with Gasteiger partial charge in [0.25, 0.3) is 0 Å². The highest BCUT2D eigenvalue weighted by Gasteiger charge is 2.26. The quantitative estimate of drug-likeness (QED) is 0.806. The summed E-state index contributed by atoms with van der Waals surface area (Å²) in [4.78, 5) is -0.508. The average Bonchev–Trinajstić information content (AvgIpc) is 2.22. The first kappa shape index (κ1) is 15.4. The van der Waals surface area contributed by atoms with E-state index >= 15 is 0 Å². The third-order valence-corrected chi connectivity index (χ3v) is 4.79. The number of hydrogen-bond acceptors (Lipinski definition) is 4. The van der Waals surface area contributed by atoms with E-state index in [0.29, 0.717) is 0 Å². The molecule has 1 aromatic rings. The number of aliphatic hydroxyl groups is 1. The molecule has 1 unspecified atom stereocenters. The molecule has 0 amide bonds. The summed E-state index contributed by atoms with van der Waals surface area (Å²) in [5.74, 6) is -0.895. The van der Waals surface area contributed by atoms with Gasteiger partial charge in [-0.3, -0.25) is 0 Å². The molecule has 0 radical (unpaired) electrons. The third kappa shape index (κ3) is 3.19. The lowest BCUT2D eigenvalue weighted by molar-refractivity contribution is 0.171. The van der Waals surface area contributed by atoms with Crippen LogP contribution >= 0.6 is 15.9 Å². The summed E-state index contributed by atoms with van der Waals surface area (Å²) in [7, 11) is -2.74. The molecule has 0 fully saturated rings. The van der Waals surface area contributed by atoms with E-state index in [1.807, 2.05) is 0 Å². The number of anilines is 1. The maximum Gasteiger partial charge on any atom is 0.245 e. The fraction of sp³-hybridized carbons (Fsp3) is 0.400. The van der Waals surface area contributed by atoms with Crippen LogP contribution in [-0.4, -0.2) is 37.5 Å². The van der Waals surface area contributed by atoms with Crippen LogP contribution < -0.4 is 5.73 Å². The molecule has 18 heavy (non-hydrogen) atoms. The summed E-state index contributed by atoms with van der Waals surface area (Å²) < 4.78 is 38.9. The first-order valence-electron chi connectivity index (χ1n) is 5.05. The topological polar surface area (TPSA) is 83.6 Å². The van der Waals surface area contributed by atoms with Crippen molar-refractivity contribution in [1.29, 1.82) is 0 Å². The van der Waals surface area contributed by atoms with Crippen LogP contribution in [0.1, 0.15) is 6.92 Å². The highest BCUT2D eigenvalue weighted by molar-refractivity contribution is 9.10. The Hall–Kier alpha value is -0.700. The van der Waals surface area contributed by atoms with Crippen LogP contribution in [-0.2, 0) is 10.0 Å². The third-order valence-electron chi connectivity index (χ3n) is 2.26. The van der Waals surface area contributed by atoms with Gasteiger partial charge in [0.05, 0.1) is 6.10 Å². The first-order valence-corrected chi connectivity index (χ1v) is 7.28. The fourth-order valence-electron chi connectivity index (χ4n) is 1.38. The minimum Gasteiger partial charge on any atom is -0.398 e. The molecule has 0 bridgehead atoms. The second-order valence-electron chi connectivity index (χ2n) is 3.94. The fourth-order valence-corrected chi connectivity index (χ4v) is 3.03. The molecule has 8 heteroatoms. The Kier molecular flexibility index (Phi) is 4.71. The highest BCUT2D eigenvalue weighted by atomic mass is 79.9. The normalized spacial score (nSPS) is 13.9. The molecule has 0 saturated carbocycles. The number of halogens is 2. The molecular formula is C10H14BrFN2O3S. The van der Waals surface area contributed by atoms with E-state index in [9.17, 15) is 12.8 Å². The molecular weight excluding hydrogens is 327 g/mol. The summed E-state index contributed by atoms with van der Waals surface area (Å²) in [5.41, 5.74) is 5.67. The van der Waals surface area contributed by atoms with Crippen LogP contribution in [0.3, 0.4) is 0 Å². The molecule has 1 aromatic carbocycles. The molecule has 0 saturated heterocycles. The van der Waals surface area contributed by atoms with E-state index in [1.165, 1.54) is 14.0 Å². The Morgan fingerprint density at radius 1 is 1.56 bits per heavy atom. The van der Waals surface area contributed by atoms with Crippen molar-refractivity contribution in [1.82, 2.24) is 4.31 Å². The van der Waals surface area contributed by atoms with Gasteiger partial charge in [-0.2, -0.15) is 4.31 Å². The number of likely N-dealkylation sites (N-methyl/N-ethyl adjacent to an activating group) is 1. The number of nitrogen functional groups attached to an aromatic ring is 1. The number of benzene rings is 1. The number of nitrogens with two attached hydrogens (primary N) is 1. The summed E-state index contributed by atoms with van der Waals surface area (Å²) in [5, 5.41) is 9.17. The molecule has 0 aliphatic heterocycles. The molecule has 1 atom stereocenters. The molecule has 0 heterocycles. The zero-order valence-corrected chi connectivity index (χ0v) is 12.3. The van der Waals surface area contributed by atoms with Gasteiger partial charge in [0, 0.05) is 23.8 Å². The smallest absolute Gasteiger partial charge is 0.245 e. The largest absolute Gasteiger partial charge is 0.398 e. The Balaban J connectivity index is 3.24. The number of hydrogen-bond donors (Lipinski definition) is 2. The molecule has 5 nitrogen and oxygen atoms in total. The van der Waals surface area contributed by atoms with Gasteiger partial charge in [0.2, 0.25) is 10.0 Å². The lowest BCUT2D eigenvalue weighted by Gasteiger charge is -2.19. The molecule has 0 aliphatic rings. The van der Waals surface area contributed by atoms with Gasteiger partial charge < -0.3 is 10.8 Å². The monoisotopic (exact) mass is 340 g/mol. The van der Waals surface area contributed by atoms with Crippen molar-refractivity contribution >= 4 is 31.6 Å². The van der Waals surface area contributed by atoms with Gasteiger partial charge in [0.1, 0.15) is 10.7 Å². The van der Waals surface area contributed by atoms with Crippen molar-refractivity contribution in [2.45, 2.75) is 17.9 Å². The lowest BCUT2D eigenvalue weighted by atomic mass is 10.3. The maximum atomic E-state index is 13.7. The second kappa shape index (κ2) is 5.52. The van der Waals surface area contributed by atoms with Crippen molar-refractivity contribution in [3.63, 3.8) is 0 Å². The van der Waals surface area contributed by atoms with Gasteiger partial charge in [-0.15, -0.1) is 0 Å². The summed E-state index contributed by atoms with van der Waals surface area (Å²) >= 11 is 3.01. The summed E-state index contributed by atoms with van der Waals surface area (Å²) in [6, 6.07) is 2.05. The number of aliphatic hydroxyl groups excluding tert-OH is 1. The standard InChI is InChI=1S/C10H14BrFN2O3S/c1-6(15)5-14(2)18(16,17)10-4-9(13)7(11)3-8(10)12/h3-4,6,15H,5,13H2,1-2H3. The maximum absolute atomic E-state index is 13.7. The van der Waals surface area contributed by atoms with Crippen LogP contribution in [0.5, 0.6) is 0 Å². The SMILES string of the molecule is CC(O)CN(C)S(=O)(=O)c1cc(N)c(Br)cc1F. The van der Waals surface area contributed by atoms with E-state index in [0.717, 1.165) is 16.4 Å². The zero-order valence-electron chi connectivity index (χ0n) is 9.89. The van der Waals surface area contributed by atoms with E-state index in [1.54, 1.807) is 0 Å². The molecule has 3 N–H and O–H groups in total. The first-order chi connectivity index (χ1) is 8.16. The van der Waals surface area contributed by atoms with Crippen molar-refractivity contribution in [2.24, 2.45) is 0 Å². The van der Waals surface area contributed by atoms with E-state index in [-0.39, 0.29) is 16.7 Å². The predicted octanol–water partition coefficient (Wildman–Crippen LogP) is 1.17. The Morgan fingerprint density at radius 2 is 2.11 bits per heavy atom. The van der Waals surface area contributed by atoms with Crippen LogP contribution in [0.4, 0.5) is 10.1 Å². The van der Waals surface area contributed by atoms with Crippen molar-refractivity contribution < 1.29 is 17.9 Å². The van der Waals surface area contributed by atoms with E-state index < -0.39 is 26.8 Å². The number of sulfonamides is 1. The van der Waals surface area contributed by atoms with E-state index in [2.05, 4.69) is 15.9 Å². The molecule has 0 aromatic heterocycles. The predicted molar refractivity (Wildman–Crippen MR) is 70.0 cm³/mol. The van der Waals surface area contributed by atoms with Crippen LogP contribution in [0.25, 0.3) is 0 Å². The van der Waals surface area contributed by atoms with Gasteiger partial charge in [-0.1, -0.05) is 0 Å². The molecule has 0 spiro atoms. The highest BCUT2D eigenvalue weighted by Crippen LogP contribution is 2.27. The summed E-state index contributed by atoms with van der Waals surface area (Å²) in [6.45, 7) is 1.32. The zero-order chi connectivity index (χ0) is 14.1.